The zero-order chi connectivity index (χ0) is 20.9. The van der Waals surface area contributed by atoms with Crippen molar-refractivity contribution in [1.82, 2.24) is 20.9 Å². The maximum absolute atomic E-state index is 11.8. The normalized spacial score (nSPS) is 12.5. The summed E-state index contributed by atoms with van der Waals surface area (Å²) in [5.74, 6) is 1.43. The Morgan fingerprint density at radius 3 is 2.41 bits per heavy atom. The van der Waals surface area contributed by atoms with E-state index in [1.165, 1.54) is 0 Å². The third kappa shape index (κ3) is 10.3. The van der Waals surface area contributed by atoms with Gasteiger partial charge < -0.3 is 16.0 Å². The Morgan fingerprint density at radius 1 is 1.17 bits per heavy atom. The molecule has 7 heteroatoms. The summed E-state index contributed by atoms with van der Waals surface area (Å²) in [5, 5.41) is 9.53. The molecule has 1 amide bonds. The van der Waals surface area contributed by atoms with Crippen molar-refractivity contribution in [3.05, 3.63) is 35.4 Å². The lowest BCUT2D eigenvalue weighted by atomic mass is 10.0. The molecule has 1 aromatic carbocycles. The minimum Gasteiger partial charge on any atom is -0.356 e. The van der Waals surface area contributed by atoms with Gasteiger partial charge in [-0.1, -0.05) is 39.8 Å². The highest BCUT2D eigenvalue weighted by molar-refractivity contribution is 14.0. The first-order chi connectivity index (χ1) is 13.4. The van der Waals surface area contributed by atoms with Crippen LogP contribution in [0.15, 0.2) is 29.3 Å². The number of rotatable bonds is 11. The van der Waals surface area contributed by atoms with Crippen molar-refractivity contribution in [2.45, 2.75) is 46.6 Å². The van der Waals surface area contributed by atoms with Gasteiger partial charge in [-0.2, -0.15) is 0 Å². The fourth-order valence-electron chi connectivity index (χ4n) is 3.42. The number of guanidine groups is 1. The van der Waals surface area contributed by atoms with Crippen molar-refractivity contribution in [2.75, 3.05) is 40.3 Å². The van der Waals surface area contributed by atoms with Crippen LogP contribution in [0, 0.1) is 5.92 Å². The summed E-state index contributed by atoms with van der Waals surface area (Å²) < 4.78 is 0. The number of nitrogens with one attached hydrogen (secondary N) is 3. The minimum atomic E-state index is -0.0557. The highest BCUT2D eigenvalue weighted by Gasteiger charge is 2.17. The Bertz CT molecular complexity index is 617. The highest BCUT2D eigenvalue weighted by Crippen LogP contribution is 2.11. The van der Waals surface area contributed by atoms with E-state index in [4.69, 9.17) is 0 Å². The van der Waals surface area contributed by atoms with Crippen molar-refractivity contribution in [2.24, 2.45) is 10.9 Å². The van der Waals surface area contributed by atoms with Gasteiger partial charge in [0.15, 0.2) is 5.96 Å². The molecule has 1 atom stereocenters. The van der Waals surface area contributed by atoms with Crippen LogP contribution < -0.4 is 16.0 Å². The van der Waals surface area contributed by atoms with E-state index >= 15 is 0 Å². The maximum atomic E-state index is 11.8. The first-order valence-electron chi connectivity index (χ1n) is 10.4. The molecule has 0 heterocycles. The van der Waals surface area contributed by atoms with Crippen LogP contribution in [0.4, 0.5) is 0 Å². The first kappa shape index (κ1) is 27.6. The topological polar surface area (TPSA) is 68.8 Å². The van der Waals surface area contributed by atoms with E-state index in [1.54, 1.807) is 14.1 Å². The summed E-state index contributed by atoms with van der Waals surface area (Å²) in [6.45, 7) is 12.7. The number of benzene rings is 1. The van der Waals surface area contributed by atoms with E-state index in [1.807, 2.05) is 24.3 Å². The van der Waals surface area contributed by atoms with Crippen LogP contribution in [0.3, 0.4) is 0 Å². The predicted octanol–water partition coefficient (Wildman–Crippen LogP) is 3.13. The zero-order valence-corrected chi connectivity index (χ0v) is 21.2. The summed E-state index contributed by atoms with van der Waals surface area (Å²) in [6, 6.07) is 8.24. The molecule has 0 spiro atoms. The van der Waals surface area contributed by atoms with Gasteiger partial charge >= 0.3 is 0 Å². The molecular formula is C22H40IN5O. The Hall–Kier alpha value is -1.35. The molecule has 0 aliphatic carbocycles. The fraction of sp³-hybridized carbons (Fsp3) is 0.636. The lowest BCUT2D eigenvalue weighted by molar-refractivity contribution is 0.0963. The van der Waals surface area contributed by atoms with Gasteiger partial charge in [-0.3, -0.25) is 14.7 Å². The number of likely N-dealkylation sites (N-methyl/N-ethyl adjacent to an activating group) is 1. The molecule has 0 aliphatic heterocycles. The molecule has 3 N–H and O–H groups in total. The molecule has 0 aliphatic rings. The molecule has 0 fully saturated rings. The standard InChI is InChI=1S/C22H39N5O.HI/c1-7-27(8-2)20(14-17(3)4)16-26-22(24-6)25-13-12-18-10-9-11-19(15-18)21(28)23-5;/h9-11,15,17,20H,7-8,12-14,16H2,1-6H3,(H,23,28)(H2,24,25,26);1H. The largest absolute Gasteiger partial charge is 0.356 e. The number of halogens is 1. The van der Waals surface area contributed by atoms with Gasteiger partial charge in [0.2, 0.25) is 0 Å². The van der Waals surface area contributed by atoms with E-state index in [0.29, 0.717) is 17.5 Å². The SMILES string of the molecule is CCN(CC)C(CNC(=NC)NCCc1cccc(C(=O)NC)c1)CC(C)C.I. The zero-order valence-electron chi connectivity index (χ0n) is 18.9. The summed E-state index contributed by atoms with van der Waals surface area (Å²) in [6.07, 6.45) is 2.00. The van der Waals surface area contributed by atoms with Crippen LogP contribution in [0.25, 0.3) is 0 Å². The third-order valence-corrected chi connectivity index (χ3v) is 4.92. The minimum absolute atomic E-state index is 0. The van der Waals surface area contributed by atoms with Crippen molar-refractivity contribution in [3.63, 3.8) is 0 Å². The average molecular weight is 518 g/mol. The van der Waals surface area contributed by atoms with Crippen LogP contribution in [0.2, 0.25) is 0 Å². The van der Waals surface area contributed by atoms with E-state index in [2.05, 4.69) is 53.5 Å². The molecule has 166 valence electrons. The van der Waals surface area contributed by atoms with Crippen LogP contribution >= 0.6 is 24.0 Å². The molecular weight excluding hydrogens is 477 g/mol. The number of carbonyl (C=O) groups excluding carboxylic acids is 1. The van der Waals surface area contributed by atoms with E-state index in [9.17, 15) is 4.79 Å². The quantitative estimate of drug-likeness (QED) is 0.240. The lowest BCUT2D eigenvalue weighted by Gasteiger charge is -2.31. The second-order valence-electron chi connectivity index (χ2n) is 7.41. The monoisotopic (exact) mass is 517 g/mol. The molecule has 1 unspecified atom stereocenters. The Labute approximate surface area is 194 Å². The van der Waals surface area contributed by atoms with Gasteiger partial charge in [-0.15, -0.1) is 24.0 Å². The average Bonchev–Trinajstić information content (AvgIpc) is 2.70. The number of hydrogen-bond acceptors (Lipinski definition) is 3. The number of carbonyl (C=O) groups is 1. The number of hydrogen-bond donors (Lipinski definition) is 3. The van der Waals surface area contributed by atoms with Gasteiger partial charge in [0.05, 0.1) is 0 Å². The van der Waals surface area contributed by atoms with Crippen molar-refractivity contribution >= 4 is 35.8 Å². The van der Waals surface area contributed by atoms with Crippen molar-refractivity contribution in [3.8, 4) is 0 Å². The number of amides is 1. The molecule has 0 radical (unpaired) electrons. The maximum Gasteiger partial charge on any atom is 0.251 e. The van der Waals surface area contributed by atoms with E-state index in [-0.39, 0.29) is 29.9 Å². The van der Waals surface area contributed by atoms with Gasteiger partial charge in [-0.05, 0) is 49.5 Å². The van der Waals surface area contributed by atoms with E-state index in [0.717, 1.165) is 50.5 Å². The third-order valence-electron chi connectivity index (χ3n) is 4.92. The molecule has 0 saturated heterocycles. The number of nitrogens with zero attached hydrogens (tertiary/aromatic N) is 2. The molecule has 0 saturated carbocycles. The predicted molar refractivity (Wildman–Crippen MR) is 134 cm³/mol. The molecule has 0 bridgehead atoms. The fourth-order valence-corrected chi connectivity index (χ4v) is 3.42. The van der Waals surface area contributed by atoms with Crippen LogP contribution in [-0.4, -0.2) is 63.1 Å². The summed E-state index contributed by atoms with van der Waals surface area (Å²) in [5.41, 5.74) is 1.82. The van der Waals surface area contributed by atoms with Crippen molar-refractivity contribution in [1.29, 1.82) is 0 Å². The molecule has 0 aromatic heterocycles. The van der Waals surface area contributed by atoms with Gasteiger partial charge in [0, 0.05) is 38.8 Å². The molecule has 1 rings (SSSR count). The molecule has 1 aromatic rings. The Kier molecular flexibility index (Phi) is 14.8. The van der Waals surface area contributed by atoms with Crippen LogP contribution in [0.5, 0.6) is 0 Å². The molecule has 29 heavy (non-hydrogen) atoms. The highest BCUT2D eigenvalue weighted by atomic mass is 127. The van der Waals surface area contributed by atoms with Crippen molar-refractivity contribution < 1.29 is 4.79 Å². The smallest absolute Gasteiger partial charge is 0.251 e. The number of aliphatic imine (C=N–C) groups is 1. The van der Waals surface area contributed by atoms with E-state index < -0.39 is 0 Å². The Balaban J connectivity index is 0.00000784. The van der Waals surface area contributed by atoms with Gasteiger partial charge in [0.25, 0.3) is 5.91 Å². The lowest BCUT2D eigenvalue weighted by Crippen LogP contribution is -2.48. The first-order valence-corrected chi connectivity index (χ1v) is 10.4. The summed E-state index contributed by atoms with van der Waals surface area (Å²) in [7, 11) is 3.45. The summed E-state index contributed by atoms with van der Waals surface area (Å²) in [4.78, 5) is 18.6. The Morgan fingerprint density at radius 2 is 1.86 bits per heavy atom. The second kappa shape index (κ2) is 15.5. The van der Waals surface area contributed by atoms with Gasteiger partial charge in [-0.25, -0.2) is 0 Å². The van der Waals surface area contributed by atoms with Crippen LogP contribution in [-0.2, 0) is 6.42 Å². The van der Waals surface area contributed by atoms with Gasteiger partial charge in [0.1, 0.15) is 0 Å². The summed E-state index contributed by atoms with van der Waals surface area (Å²) >= 11 is 0. The second-order valence-corrected chi connectivity index (χ2v) is 7.41. The molecule has 6 nitrogen and oxygen atoms in total. The van der Waals surface area contributed by atoms with Crippen LogP contribution in [0.1, 0.15) is 50.0 Å².